The summed E-state index contributed by atoms with van der Waals surface area (Å²) in [6.07, 6.45) is 6.27. The van der Waals surface area contributed by atoms with E-state index in [4.69, 9.17) is 0 Å². The minimum atomic E-state index is 0.744. The van der Waals surface area contributed by atoms with E-state index in [1.54, 1.807) is 12.5 Å². The largest absolute Gasteiger partial charge is 0.320 e. The lowest BCUT2D eigenvalue weighted by Gasteiger charge is -2.03. The molecule has 0 bridgehead atoms. The molecule has 0 unspecified atom stereocenters. The Morgan fingerprint density at radius 3 is 3.00 bits per heavy atom. The minimum absolute atomic E-state index is 0.744. The first-order chi connectivity index (χ1) is 7.86. The van der Waals surface area contributed by atoms with E-state index < -0.39 is 0 Å². The SMILES string of the molecule is Cn1cnnc1CNCCCn1ccnn1. The molecule has 0 aliphatic rings. The van der Waals surface area contributed by atoms with Crippen molar-refractivity contribution >= 4 is 0 Å². The predicted molar refractivity (Wildman–Crippen MR) is 57.3 cm³/mol. The summed E-state index contributed by atoms with van der Waals surface area (Å²) in [6.45, 7) is 2.55. The Labute approximate surface area is 93.5 Å². The van der Waals surface area contributed by atoms with Crippen LogP contribution in [0, 0.1) is 0 Å². The van der Waals surface area contributed by atoms with Crippen molar-refractivity contribution in [2.75, 3.05) is 6.54 Å². The summed E-state index contributed by atoms with van der Waals surface area (Å²) in [5, 5.41) is 18.7. The fraction of sp³-hybridized carbons (Fsp3) is 0.556. The van der Waals surface area contributed by atoms with Gasteiger partial charge in [-0.2, -0.15) is 0 Å². The molecule has 2 aromatic heterocycles. The number of aryl methyl sites for hydroxylation is 2. The monoisotopic (exact) mass is 221 g/mol. The van der Waals surface area contributed by atoms with E-state index in [2.05, 4.69) is 25.8 Å². The minimum Gasteiger partial charge on any atom is -0.320 e. The molecule has 7 nitrogen and oxygen atoms in total. The summed E-state index contributed by atoms with van der Waals surface area (Å²) in [5.74, 6) is 0.945. The van der Waals surface area contributed by atoms with Gasteiger partial charge in [0.2, 0.25) is 0 Å². The van der Waals surface area contributed by atoms with Crippen molar-refractivity contribution < 1.29 is 0 Å². The standard InChI is InChI=1S/C9H15N7/c1-15-8-12-13-9(15)7-10-3-2-5-16-6-4-11-14-16/h4,6,8,10H,2-3,5,7H2,1H3. The molecular weight excluding hydrogens is 206 g/mol. The molecule has 0 saturated heterocycles. The number of rotatable bonds is 6. The topological polar surface area (TPSA) is 73.5 Å². The van der Waals surface area contributed by atoms with Crippen molar-refractivity contribution in [2.24, 2.45) is 7.05 Å². The fourth-order valence-electron chi connectivity index (χ4n) is 1.39. The molecule has 1 N–H and O–H groups in total. The predicted octanol–water partition coefficient (Wildman–Crippen LogP) is -0.414. The van der Waals surface area contributed by atoms with E-state index in [0.29, 0.717) is 0 Å². The van der Waals surface area contributed by atoms with Gasteiger partial charge in [-0.25, -0.2) is 0 Å². The Bertz CT molecular complexity index is 405. The molecule has 2 heterocycles. The molecule has 2 aromatic rings. The van der Waals surface area contributed by atoms with Gasteiger partial charge in [0, 0.05) is 19.8 Å². The van der Waals surface area contributed by atoms with Crippen LogP contribution < -0.4 is 5.32 Å². The third kappa shape index (κ3) is 2.86. The van der Waals surface area contributed by atoms with Crippen molar-refractivity contribution in [1.82, 2.24) is 35.1 Å². The first-order valence-electron chi connectivity index (χ1n) is 5.24. The first-order valence-corrected chi connectivity index (χ1v) is 5.24. The van der Waals surface area contributed by atoms with Gasteiger partial charge in [-0.05, 0) is 13.0 Å². The second kappa shape index (κ2) is 5.36. The van der Waals surface area contributed by atoms with Gasteiger partial charge < -0.3 is 9.88 Å². The van der Waals surface area contributed by atoms with Crippen LogP contribution in [0.2, 0.25) is 0 Å². The van der Waals surface area contributed by atoms with Crippen molar-refractivity contribution in [1.29, 1.82) is 0 Å². The quantitative estimate of drug-likeness (QED) is 0.671. The fourth-order valence-corrected chi connectivity index (χ4v) is 1.39. The Balaban J connectivity index is 1.61. The molecule has 2 rings (SSSR count). The lowest BCUT2D eigenvalue weighted by atomic mass is 10.4. The molecule has 0 amide bonds. The van der Waals surface area contributed by atoms with Gasteiger partial charge in [0.1, 0.15) is 12.2 Å². The average molecular weight is 221 g/mol. The maximum absolute atomic E-state index is 3.99. The van der Waals surface area contributed by atoms with Crippen LogP contribution >= 0.6 is 0 Å². The number of aromatic nitrogens is 6. The Morgan fingerprint density at radius 1 is 1.38 bits per heavy atom. The van der Waals surface area contributed by atoms with E-state index in [-0.39, 0.29) is 0 Å². The first kappa shape index (κ1) is 10.7. The van der Waals surface area contributed by atoms with Crippen LogP contribution in [-0.4, -0.2) is 36.3 Å². The normalized spacial score (nSPS) is 10.8. The van der Waals surface area contributed by atoms with Gasteiger partial charge >= 0.3 is 0 Å². The Morgan fingerprint density at radius 2 is 2.31 bits per heavy atom. The van der Waals surface area contributed by atoms with Crippen molar-refractivity contribution in [2.45, 2.75) is 19.5 Å². The molecular formula is C9H15N7. The van der Waals surface area contributed by atoms with Crippen molar-refractivity contribution in [3.05, 3.63) is 24.5 Å². The zero-order valence-electron chi connectivity index (χ0n) is 9.24. The molecule has 0 aromatic carbocycles. The number of nitrogens with one attached hydrogen (secondary N) is 1. The van der Waals surface area contributed by atoms with Gasteiger partial charge in [-0.1, -0.05) is 5.21 Å². The Hall–Kier alpha value is -1.76. The van der Waals surface area contributed by atoms with Crippen LogP contribution in [0.15, 0.2) is 18.7 Å². The summed E-state index contributed by atoms with van der Waals surface area (Å²) in [7, 11) is 1.94. The molecule has 0 saturated carbocycles. The van der Waals surface area contributed by atoms with Crippen LogP contribution in [-0.2, 0) is 20.1 Å². The summed E-state index contributed by atoms with van der Waals surface area (Å²) in [4.78, 5) is 0. The van der Waals surface area contributed by atoms with Gasteiger partial charge in [-0.3, -0.25) is 4.68 Å². The molecule has 0 aliphatic heterocycles. The maximum Gasteiger partial charge on any atom is 0.146 e. The molecule has 86 valence electrons. The van der Waals surface area contributed by atoms with Gasteiger partial charge in [-0.15, -0.1) is 15.3 Å². The van der Waals surface area contributed by atoms with Crippen LogP contribution in [0.5, 0.6) is 0 Å². The number of nitrogens with zero attached hydrogens (tertiary/aromatic N) is 6. The van der Waals surface area contributed by atoms with E-state index in [9.17, 15) is 0 Å². The van der Waals surface area contributed by atoms with Gasteiger partial charge in [0.15, 0.2) is 0 Å². The zero-order valence-corrected chi connectivity index (χ0v) is 9.24. The summed E-state index contributed by atoms with van der Waals surface area (Å²) in [6, 6.07) is 0. The van der Waals surface area contributed by atoms with E-state index in [0.717, 1.165) is 31.9 Å². The second-order valence-electron chi connectivity index (χ2n) is 3.55. The molecule has 7 heteroatoms. The molecule has 16 heavy (non-hydrogen) atoms. The molecule has 0 atom stereocenters. The molecule has 0 spiro atoms. The van der Waals surface area contributed by atoms with Crippen LogP contribution in [0.3, 0.4) is 0 Å². The number of hydrogen-bond acceptors (Lipinski definition) is 5. The van der Waals surface area contributed by atoms with Gasteiger partial charge in [0.25, 0.3) is 0 Å². The van der Waals surface area contributed by atoms with E-state index in [1.807, 2.05) is 22.5 Å². The smallest absolute Gasteiger partial charge is 0.146 e. The highest BCUT2D eigenvalue weighted by molar-refractivity contribution is 4.82. The van der Waals surface area contributed by atoms with Crippen molar-refractivity contribution in [3.63, 3.8) is 0 Å². The molecule has 0 fully saturated rings. The average Bonchev–Trinajstić information content (AvgIpc) is 2.90. The highest BCUT2D eigenvalue weighted by atomic mass is 15.4. The maximum atomic E-state index is 3.99. The number of hydrogen-bond donors (Lipinski definition) is 1. The van der Waals surface area contributed by atoms with Crippen LogP contribution in [0.25, 0.3) is 0 Å². The lowest BCUT2D eigenvalue weighted by Crippen LogP contribution is -2.18. The summed E-state index contributed by atoms with van der Waals surface area (Å²) >= 11 is 0. The molecule has 0 radical (unpaired) electrons. The van der Waals surface area contributed by atoms with Crippen LogP contribution in [0.4, 0.5) is 0 Å². The molecule has 0 aliphatic carbocycles. The Kier molecular flexibility index (Phi) is 3.60. The van der Waals surface area contributed by atoms with Gasteiger partial charge in [0.05, 0.1) is 12.7 Å². The van der Waals surface area contributed by atoms with E-state index in [1.165, 1.54) is 0 Å². The van der Waals surface area contributed by atoms with Crippen molar-refractivity contribution in [3.8, 4) is 0 Å². The second-order valence-corrected chi connectivity index (χ2v) is 3.55. The third-order valence-corrected chi connectivity index (χ3v) is 2.30. The van der Waals surface area contributed by atoms with Crippen LogP contribution in [0.1, 0.15) is 12.2 Å². The zero-order chi connectivity index (χ0) is 11.2. The highest BCUT2D eigenvalue weighted by Gasteiger charge is 1.98. The lowest BCUT2D eigenvalue weighted by molar-refractivity contribution is 0.523. The highest BCUT2D eigenvalue weighted by Crippen LogP contribution is 1.91. The summed E-state index contributed by atoms with van der Waals surface area (Å²) in [5.41, 5.74) is 0. The van der Waals surface area contributed by atoms with E-state index >= 15 is 0 Å². The third-order valence-electron chi connectivity index (χ3n) is 2.30. The summed E-state index contributed by atoms with van der Waals surface area (Å²) < 4.78 is 3.73.